The summed E-state index contributed by atoms with van der Waals surface area (Å²) in [6.45, 7) is 2.86. The van der Waals surface area contributed by atoms with Gasteiger partial charge in [0.05, 0.1) is 65.0 Å². The maximum Gasteiger partial charge on any atom is 2.00 e. The first kappa shape index (κ1) is 142. The average molecular weight is 2180 g/mol. The summed E-state index contributed by atoms with van der Waals surface area (Å²) in [6.07, 6.45) is 9.06. The Labute approximate surface area is 727 Å². The largest absolute Gasteiger partial charge is 2.00 e. The first-order valence-electron chi connectivity index (χ1n) is 24.5. The number of benzene rings is 6. The number of hydrogen-bond acceptors (Lipinski definition) is 32. The van der Waals surface area contributed by atoms with Crippen LogP contribution in [0.3, 0.4) is 0 Å². The topological polar surface area (TPSA) is 628 Å². The minimum atomic E-state index is -1.75. The molecule has 0 aliphatic carbocycles. The molecule has 6 rings (SSSR count). The third-order valence-electron chi connectivity index (χ3n) is 9.22. The molecule has 604 valence electrons. The first-order valence-corrected chi connectivity index (χ1v) is 29.2. The molecule has 0 fully saturated rings. The van der Waals surface area contributed by atoms with Crippen molar-refractivity contribution in [2.24, 2.45) is 30.0 Å². The van der Waals surface area contributed by atoms with Crippen LogP contribution in [0.5, 0.6) is 69.0 Å². The molecular weight excluding hydrogens is 2110 g/mol. The summed E-state index contributed by atoms with van der Waals surface area (Å²) in [7, 11) is 18.5. The minimum Gasteiger partial charge on any atom is -0.870 e. The van der Waals surface area contributed by atoms with Gasteiger partial charge in [-0.25, -0.2) is 0 Å². The second-order valence-corrected chi connectivity index (χ2v) is 20.9. The summed E-state index contributed by atoms with van der Waals surface area (Å²) < 4.78 is 34.3. The van der Waals surface area contributed by atoms with Crippen molar-refractivity contribution in [3.8, 4) is 81.1 Å². The van der Waals surface area contributed by atoms with Crippen LogP contribution in [0.15, 0.2) is 130 Å². The zero-order valence-electron chi connectivity index (χ0n) is 56.4. The number of methoxy groups -OCH3 is 6. The normalized spacial score (nSPS) is 8.55. The van der Waals surface area contributed by atoms with Crippen molar-refractivity contribution in [1.29, 1.82) is 10.5 Å². The standard InChI is InChI=1S/6C9H10BrNO2.2C2H3N.2NO3.7Ni.6H2O/c6*1-11-5-6-3-7(10)4-8(13-2)9(6)12;2*1-2-3;2*2-1(3)4;;;;;;;;;;;;;/h6*3-5,12H,1-2H3;2*1H3;;;;;;;;;;6*1H2/q;;;;;;;;2*-1;7*+2;;;;;;/p-12. The summed E-state index contributed by atoms with van der Waals surface area (Å²) in [6, 6.07) is 23.5. The van der Waals surface area contributed by atoms with Gasteiger partial charge in [-0.15, -0.1) is 0 Å². The van der Waals surface area contributed by atoms with Gasteiger partial charge in [0.2, 0.25) is 0 Å². The van der Waals surface area contributed by atoms with E-state index in [1.807, 2.05) is 0 Å². The molecule has 6 aromatic rings. The molecule has 0 radical (unpaired) electrons. The first-order chi connectivity index (χ1) is 43.4. The van der Waals surface area contributed by atoms with Crippen molar-refractivity contribution in [2.45, 2.75) is 13.8 Å². The SMILES string of the molecule is CC#N.CC#N.CN=Cc1cc(Br)cc(OC)c1[O-].CN=Cc1cc(Br)cc(OC)c1[O-].CN=Cc1cc(Br)cc(OC)c1[O-].CN=Cc1cc(Br)cc(OC)c1[O-].CN=Cc1cc(Br)cc(OC)c1[O-].CN=Cc1cc(Br)cc(OC)c1[O-].O=[N+]([O-])[O-].O=[N+]([O-])[O-].[Ni+2].[Ni+2].[Ni+2].[Ni+2].[Ni+2].[Ni+2].[Ni+2].[OH-].[OH-].[OH-].[OH-].[OH-].[OH-]. The number of aliphatic imine (C=N–C) groups is 6. The molecule has 105 heavy (non-hydrogen) atoms. The van der Waals surface area contributed by atoms with Gasteiger partial charge < -0.3 is 123 Å². The molecule has 0 unspecified atom stereocenters. The molecule has 0 aliphatic rings. The monoisotopic (exact) mass is 2170 g/mol. The second-order valence-electron chi connectivity index (χ2n) is 15.4. The zero-order valence-corrected chi connectivity index (χ0v) is 72.8. The Morgan fingerprint density at radius 2 is 0.390 bits per heavy atom. The van der Waals surface area contributed by atoms with Crippen LogP contribution >= 0.6 is 95.6 Å². The Balaban J connectivity index is -0.0000000555. The van der Waals surface area contributed by atoms with Crippen molar-refractivity contribution < 1.29 is 218 Å². The maximum absolute atomic E-state index is 11.5. The fourth-order valence-electron chi connectivity index (χ4n) is 5.85. The van der Waals surface area contributed by atoms with E-state index in [1.54, 1.807) is 127 Å². The molecule has 0 aliphatic heterocycles. The Morgan fingerprint density at radius 3 is 0.457 bits per heavy atom. The molecule has 0 saturated heterocycles. The van der Waals surface area contributed by atoms with Gasteiger partial charge in [0.1, 0.15) is 34.5 Å². The van der Waals surface area contributed by atoms with E-state index in [2.05, 4.69) is 126 Å². The van der Waals surface area contributed by atoms with Gasteiger partial charge in [0.25, 0.3) is 0 Å². The molecule has 0 heterocycles. The van der Waals surface area contributed by atoms with Crippen molar-refractivity contribution in [2.75, 3.05) is 84.9 Å². The van der Waals surface area contributed by atoms with Crippen LogP contribution < -0.4 is 59.1 Å². The predicted molar refractivity (Wildman–Crippen MR) is 377 cm³/mol. The number of nitrogens with zero attached hydrogens (tertiary/aromatic N) is 10. The van der Waals surface area contributed by atoms with Crippen LogP contribution in [0.4, 0.5) is 0 Å². The van der Waals surface area contributed by atoms with E-state index < -0.39 is 10.2 Å². The van der Waals surface area contributed by atoms with Crippen molar-refractivity contribution in [1.82, 2.24) is 0 Å². The number of hydrogen-bond donors (Lipinski definition) is 0. The van der Waals surface area contributed by atoms with Crippen molar-refractivity contribution in [3.63, 3.8) is 0 Å². The summed E-state index contributed by atoms with van der Waals surface area (Å²) >= 11 is 19.7. The van der Waals surface area contributed by atoms with Crippen LogP contribution in [0.2, 0.25) is 0 Å². The molecule has 0 saturated carbocycles. The summed E-state index contributed by atoms with van der Waals surface area (Å²) in [4.78, 5) is 39.2. The van der Waals surface area contributed by atoms with E-state index in [-0.39, 0.29) is 183 Å². The average Bonchev–Trinajstić information content (AvgIpc) is 0.906. The minimum absolute atomic E-state index is 0. The van der Waals surface area contributed by atoms with Crippen molar-refractivity contribution >= 4 is 133 Å². The molecule has 6 N–H and O–H groups in total. The quantitative estimate of drug-likeness (QED) is 0.0477. The molecular formula is C58H66Br6N10Ni7O24. The molecule has 0 aromatic heterocycles. The molecule has 0 bridgehead atoms. The van der Waals surface area contributed by atoms with Gasteiger partial charge in [-0.3, -0.25) is 30.0 Å². The predicted octanol–water partition coefficient (Wildman–Crippen LogP) is 8.98. The van der Waals surface area contributed by atoms with Gasteiger partial charge in [-0.05, 0) is 106 Å². The molecule has 6 aromatic carbocycles. The summed E-state index contributed by atoms with van der Waals surface area (Å²) in [5, 5.41) is 113. The van der Waals surface area contributed by atoms with E-state index in [4.69, 9.17) is 69.6 Å². The third-order valence-corrected chi connectivity index (χ3v) is 12.0. The maximum atomic E-state index is 11.5. The zero-order chi connectivity index (χ0) is 71.6. The number of halogens is 6. The third kappa shape index (κ3) is 63.1. The smallest absolute Gasteiger partial charge is 0.870 e. The van der Waals surface area contributed by atoms with Gasteiger partial charge >= 0.3 is 115 Å². The Hall–Kier alpha value is -5.59. The van der Waals surface area contributed by atoms with Gasteiger partial charge in [0, 0.05) is 120 Å². The number of ether oxygens (including phenoxy) is 6. The Bertz CT molecular complexity index is 3010. The van der Waals surface area contributed by atoms with Crippen LogP contribution in [-0.2, 0) is 115 Å². The van der Waals surface area contributed by atoms with E-state index >= 15 is 0 Å². The van der Waals surface area contributed by atoms with E-state index in [1.165, 1.54) is 93.8 Å². The summed E-state index contributed by atoms with van der Waals surface area (Å²) in [5.41, 5.74) is 3.13. The van der Waals surface area contributed by atoms with E-state index in [0.717, 1.165) is 26.8 Å². The second kappa shape index (κ2) is 85.7. The molecule has 0 amide bonds. The Kier molecular flexibility index (Phi) is 116. The van der Waals surface area contributed by atoms with Crippen LogP contribution in [0, 0.1) is 53.3 Å². The Morgan fingerprint density at radius 1 is 0.305 bits per heavy atom. The number of rotatable bonds is 12. The fraction of sp³-hybridized carbons (Fsp3) is 0.241. The van der Waals surface area contributed by atoms with Crippen LogP contribution in [-0.4, -0.2) is 165 Å². The summed E-state index contributed by atoms with van der Waals surface area (Å²) in [5.74, 6) is 1.09. The van der Waals surface area contributed by atoms with Crippen LogP contribution in [0.25, 0.3) is 0 Å². The molecule has 47 heteroatoms. The molecule has 0 spiro atoms. The van der Waals surface area contributed by atoms with Gasteiger partial charge in [-0.2, -0.15) is 10.5 Å². The van der Waals surface area contributed by atoms with E-state index in [9.17, 15) is 30.6 Å². The van der Waals surface area contributed by atoms with Crippen molar-refractivity contribution in [3.05, 3.63) is 164 Å². The van der Waals surface area contributed by atoms with Gasteiger partial charge in [0.15, 0.2) is 0 Å². The number of nitriles is 2. The molecule has 34 nitrogen and oxygen atoms in total. The fourth-order valence-corrected chi connectivity index (χ4v) is 8.58. The molecule has 0 atom stereocenters. The van der Waals surface area contributed by atoms with E-state index in [0.29, 0.717) is 67.9 Å². The van der Waals surface area contributed by atoms with Gasteiger partial charge in [-0.1, -0.05) is 130 Å². The van der Waals surface area contributed by atoms with Crippen LogP contribution in [0.1, 0.15) is 47.2 Å².